The zero-order chi connectivity index (χ0) is 15.1. The predicted molar refractivity (Wildman–Crippen MR) is 103 cm³/mol. The highest BCUT2D eigenvalue weighted by Crippen LogP contribution is 2.35. The highest BCUT2D eigenvalue weighted by atomic mass is 35.5. The van der Waals surface area contributed by atoms with E-state index in [1.807, 2.05) is 17.0 Å². The Morgan fingerprint density at radius 1 is 1.21 bits per heavy atom. The summed E-state index contributed by atoms with van der Waals surface area (Å²) in [5.74, 6) is 0.843. The SMILES string of the molecule is Cl.Cl.Nc1cccc2c1CCCN2C(=O)CC1CC2CCC(C1)N2. The number of amides is 1. The van der Waals surface area contributed by atoms with Crippen molar-refractivity contribution in [2.75, 3.05) is 17.2 Å². The Morgan fingerprint density at radius 2 is 1.92 bits per heavy atom. The van der Waals surface area contributed by atoms with Crippen LogP contribution in [-0.4, -0.2) is 24.5 Å². The first-order chi connectivity index (χ1) is 10.7. The summed E-state index contributed by atoms with van der Waals surface area (Å²) in [6.45, 7) is 0.840. The predicted octanol–water partition coefficient (Wildman–Crippen LogP) is 3.31. The third kappa shape index (κ3) is 3.66. The van der Waals surface area contributed by atoms with Crippen LogP contribution >= 0.6 is 24.8 Å². The summed E-state index contributed by atoms with van der Waals surface area (Å²) < 4.78 is 0. The fourth-order valence-electron chi connectivity index (χ4n) is 4.61. The van der Waals surface area contributed by atoms with Crippen LogP contribution in [-0.2, 0) is 11.2 Å². The molecule has 0 saturated carbocycles. The van der Waals surface area contributed by atoms with E-state index in [-0.39, 0.29) is 30.7 Å². The Kier molecular flexibility index (Phi) is 6.40. The van der Waals surface area contributed by atoms with Crippen LogP contribution in [0, 0.1) is 5.92 Å². The van der Waals surface area contributed by atoms with Gasteiger partial charge in [-0.05, 0) is 62.1 Å². The molecule has 3 aliphatic rings. The molecule has 0 aromatic heterocycles. The number of nitrogens with one attached hydrogen (secondary N) is 1. The van der Waals surface area contributed by atoms with Gasteiger partial charge in [0, 0.05) is 36.4 Å². The van der Waals surface area contributed by atoms with E-state index in [2.05, 4.69) is 11.4 Å². The largest absolute Gasteiger partial charge is 0.398 e. The van der Waals surface area contributed by atoms with Gasteiger partial charge in [0.05, 0.1) is 0 Å². The molecule has 2 bridgehead atoms. The average Bonchev–Trinajstić information content (AvgIpc) is 2.86. The molecule has 134 valence electrons. The summed E-state index contributed by atoms with van der Waals surface area (Å²) in [4.78, 5) is 14.8. The lowest BCUT2D eigenvalue weighted by atomic mass is 9.88. The first-order valence-corrected chi connectivity index (χ1v) is 8.64. The van der Waals surface area contributed by atoms with Crippen molar-refractivity contribution < 1.29 is 4.79 Å². The van der Waals surface area contributed by atoms with Crippen LogP contribution in [0.2, 0.25) is 0 Å². The molecule has 6 heteroatoms. The van der Waals surface area contributed by atoms with Crippen molar-refractivity contribution in [3.63, 3.8) is 0 Å². The summed E-state index contributed by atoms with van der Waals surface area (Å²) in [6.07, 6.45) is 7.62. The van der Waals surface area contributed by atoms with E-state index in [0.29, 0.717) is 24.4 Å². The molecule has 0 aliphatic carbocycles. The number of carbonyl (C=O) groups excluding carboxylic acids is 1. The second kappa shape index (κ2) is 7.94. The molecule has 3 heterocycles. The van der Waals surface area contributed by atoms with E-state index in [4.69, 9.17) is 5.73 Å². The number of halogens is 2. The Morgan fingerprint density at radius 3 is 2.62 bits per heavy atom. The van der Waals surface area contributed by atoms with Gasteiger partial charge in [0.25, 0.3) is 0 Å². The number of hydrogen-bond acceptors (Lipinski definition) is 3. The second-order valence-electron chi connectivity index (χ2n) is 7.17. The van der Waals surface area contributed by atoms with Gasteiger partial charge in [-0.1, -0.05) is 6.07 Å². The lowest BCUT2D eigenvalue weighted by Gasteiger charge is -2.33. The smallest absolute Gasteiger partial charge is 0.227 e. The normalized spacial score (nSPS) is 27.7. The molecule has 1 amide bonds. The first-order valence-electron chi connectivity index (χ1n) is 8.64. The van der Waals surface area contributed by atoms with E-state index < -0.39 is 0 Å². The van der Waals surface area contributed by atoms with Gasteiger partial charge in [-0.25, -0.2) is 0 Å². The number of benzene rings is 1. The van der Waals surface area contributed by atoms with Crippen LogP contribution in [0.4, 0.5) is 11.4 Å². The van der Waals surface area contributed by atoms with Crippen molar-refractivity contribution in [1.82, 2.24) is 5.32 Å². The van der Waals surface area contributed by atoms with Crippen LogP contribution in [0.15, 0.2) is 18.2 Å². The van der Waals surface area contributed by atoms with E-state index in [9.17, 15) is 4.79 Å². The van der Waals surface area contributed by atoms with E-state index >= 15 is 0 Å². The number of piperidine rings is 1. The minimum Gasteiger partial charge on any atom is -0.398 e. The number of carbonyl (C=O) groups is 1. The lowest BCUT2D eigenvalue weighted by Crippen LogP contribution is -2.41. The Balaban J connectivity index is 0.00000104. The van der Waals surface area contributed by atoms with Crippen molar-refractivity contribution in [2.45, 2.75) is 57.0 Å². The molecule has 4 rings (SSSR count). The van der Waals surface area contributed by atoms with E-state index in [1.165, 1.54) is 25.7 Å². The van der Waals surface area contributed by atoms with Gasteiger partial charge in [0.1, 0.15) is 0 Å². The molecular formula is C18H27Cl2N3O. The maximum absolute atomic E-state index is 12.8. The van der Waals surface area contributed by atoms with Crippen molar-refractivity contribution in [1.29, 1.82) is 0 Å². The summed E-state index contributed by atoms with van der Waals surface area (Å²) >= 11 is 0. The monoisotopic (exact) mass is 371 g/mol. The highest BCUT2D eigenvalue weighted by molar-refractivity contribution is 5.95. The summed E-state index contributed by atoms with van der Waals surface area (Å²) in [7, 11) is 0. The highest BCUT2D eigenvalue weighted by Gasteiger charge is 2.35. The van der Waals surface area contributed by atoms with Gasteiger partial charge in [0.2, 0.25) is 5.91 Å². The molecule has 1 aromatic carbocycles. The molecule has 3 N–H and O–H groups in total. The Hall–Kier alpha value is -0.970. The van der Waals surface area contributed by atoms with Crippen LogP contribution in [0.3, 0.4) is 0 Å². The number of nitrogens with zero attached hydrogens (tertiary/aromatic N) is 1. The maximum Gasteiger partial charge on any atom is 0.227 e. The second-order valence-corrected chi connectivity index (χ2v) is 7.17. The van der Waals surface area contributed by atoms with Crippen molar-refractivity contribution in [2.24, 2.45) is 5.92 Å². The minimum absolute atomic E-state index is 0. The molecule has 3 aliphatic heterocycles. The fraction of sp³-hybridized carbons (Fsp3) is 0.611. The number of hydrogen-bond donors (Lipinski definition) is 2. The van der Waals surface area contributed by atoms with Gasteiger partial charge in [-0.3, -0.25) is 4.79 Å². The van der Waals surface area contributed by atoms with Crippen molar-refractivity contribution >= 4 is 42.1 Å². The van der Waals surface area contributed by atoms with Gasteiger partial charge >= 0.3 is 0 Å². The van der Waals surface area contributed by atoms with Crippen LogP contribution in [0.1, 0.15) is 44.1 Å². The van der Waals surface area contributed by atoms with Gasteiger partial charge in [-0.15, -0.1) is 24.8 Å². The minimum atomic E-state index is 0. The summed E-state index contributed by atoms with van der Waals surface area (Å²) in [6, 6.07) is 7.26. The standard InChI is InChI=1S/C18H25N3O.2ClH/c19-16-4-1-5-17-15(16)3-2-8-21(17)18(22)11-12-9-13-6-7-14(10-12)20-13;;/h1,4-5,12-14,20H,2-3,6-11,19H2;2*1H. The fourth-order valence-corrected chi connectivity index (χ4v) is 4.61. The van der Waals surface area contributed by atoms with E-state index in [0.717, 1.165) is 36.3 Å². The molecule has 2 unspecified atom stereocenters. The number of nitrogen functional groups attached to an aromatic ring is 1. The molecule has 2 atom stereocenters. The van der Waals surface area contributed by atoms with Gasteiger partial charge in [-0.2, -0.15) is 0 Å². The molecule has 4 nitrogen and oxygen atoms in total. The van der Waals surface area contributed by atoms with Crippen molar-refractivity contribution in [3.05, 3.63) is 23.8 Å². The zero-order valence-corrected chi connectivity index (χ0v) is 15.5. The summed E-state index contributed by atoms with van der Waals surface area (Å²) in [5.41, 5.74) is 9.12. The Labute approximate surface area is 156 Å². The van der Waals surface area contributed by atoms with Gasteiger partial charge < -0.3 is 16.0 Å². The third-order valence-corrected chi connectivity index (χ3v) is 5.62. The molecular weight excluding hydrogens is 345 g/mol. The molecule has 1 aromatic rings. The molecule has 0 radical (unpaired) electrons. The van der Waals surface area contributed by atoms with Crippen molar-refractivity contribution in [3.8, 4) is 0 Å². The third-order valence-electron chi connectivity index (χ3n) is 5.62. The topological polar surface area (TPSA) is 58.4 Å². The maximum atomic E-state index is 12.8. The molecule has 2 saturated heterocycles. The van der Waals surface area contributed by atoms with Crippen LogP contribution in [0.5, 0.6) is 0 Å². The quantitative estimate of drug-likeness (QED) is 0.783. The number of anilines is 2. The van der Waals surface area contributed by atoms with Crippen LogP contribution < -0.4 is 16.0 Å². The molecule has 2 fully saturated rings. The number of fused-ring (bicyclic) bond motifs is 3. The lowest BCUT2D eigenvalue weighted by molar-refractivity contribution is -0.119. The Bertz CT molecular complexity index is 584. The molecule has 0 spiro atoms. The van der Waals surface area contributed by atoms with Gasteiger partial charge in [0.15, 0.2) is 0 Å². The zero-order valence-electron chi connectivity index (χ0n) is 13.9. The average molecular weight is 372 g/mol. The first kappa shape index (κ1) is 19.4. The number of nitrogens with two attached hydrogens (primary N) is 1. The summed E-state index contributed by atoms with van der Waals surface area (Å²) in [5, 5.41) is 3.65. The van der Waals surface area contributed by atoms with Crippen LogP contribution in [0.25, 0.3) is 0 Å². The molecule has 24 heavy (non-hydrogen) atoms. The number of rotatable bonds is 2. The van der Waals surface area contributed by atoms with E-state index in [1.54, 1.807) is 0 Å².